The summed E-state index contributed by atoms with van der Waals surface area (Å²) >= 11 is 1.37. The Hall–Kier alpha value is -4.26. The summed E-state index contributed by atoms with van der Waals surface area (Å²) in [5.41, 5.74) is 8.47. The van der Waals surface area contributed by atoms with Crippen LogP contribution in [0.1, 0.15) is 38.0 Å². The maximum absolute atomic E-state index is 13.1. The van der Waals surface area contributed by atoms with Gasteiger partial charge in [0.1, 0.15) is 16.8 Å². The third-order valence-corrected chi connectivity index (χ3v) is 7.22. The van der Waals surface area contributed by atoms with E-state index in [-0.39, 0.29) is 23.3 Å². The predicted molar refractivity (Wildman–Crippen MR) is 132 cm³/mol. The number of nitrogen functional groups attached to an aromatic ring is 1. The Balaban J connectivity index is 1.46. The standard InChI is InChI=1S/C25H19N5O3S/c26-12-19-18-11-20(17-9-4-10-21(23(17)27)30(32)33)28-13-22(18)34-25(19)29-24(31)16-8-3-6-14-5-1-2-7-15(14)16/h1-10,20,28H,11,13,27H2,(H,29,31). The maximum Gasteiger partial charge on any atom is 0.292 e. The number of hydrogen-bond donors (Lipinski definition) is 3. The second kappa shape index (κ2) is 8.59. The van der Waals surface area contributed by atoms with Crippen molar-refractivity contribution in [1.82, 2.24) is 5.32 Å². The molecule has 2 heterocycles. The van der Waals surface area contributed by atoms with Gasteiger partial charge in [0.2, 0.25) is 0 Å². The summed E-state index contributed by atoms with van der Waals surface area (Å²) in [7, 11) is 0. The van der Waals surface area contributed by atoms with Gasteiger partial charge in [0.25, 0.3) is 11.6 Å². The van der Waals surface area contributed by atoms with Crippen LogP contribution in [0.25, 0.3) is 10.8 Å². The van der Waals surface area contributed by atoms with Gasteiger partial charge in [-0.05, 0) is 34.4 Å². The number of nitrogens with two attached hydrogens (primary N) is 1. The monoisotopic (exact) mass is 469 g/mol. The molecule has 0 saturated heterocycles. The molecule has 3 aromatic carbocycles. The number of amides is 1. The minimum Gasteiger partial charge on any atom is -0.393 e. The minimum atomic E-state index is -0.501. The summed E-state index contributed by atoms with van der Waals surface area (Å²) in [6.45, 7) is 0.464. The number of nitro benzene ring substituents is 1. The molecule has 0 saturated carbocycles. The molecule has 168 valence electrons. The first-order valence-electron chi connectivity index (χ1n) is 10.6. The first kappa shape index (κ1) is 21.6. The van der Waals surface area contributed by atoms with Crippen LogP contribution in [0.3, 0.4) is 0 Å². The molecule has 4 N–H and O–H groups in total. The molecular weight excluding hydrogens is 450 g/mol. The van der Waals surface area contributed by atoms with Crippen molar-refractivity contribution in [2.75, 3.05) is 11.1 Å². The van der Waals surface area contributed by atoms with Gasteiger partial charge in [-0.3, -0.25) is 14.9 Å². The number of nitrogens with zero attached hydrogens (tertiary/aromatic N) is 2. The van der Waals surface area contributed by atoms with Gasteiger partial charge < -0.3 is 16.4 Å². The van der Waals surface area contributed by atoms with Gasteiger partial charge in [0.15, 0.2) is 0 Å². The summed E-state index contributed by atoms with van der Waals surface area (Å²) in [6.07, 6.45) is 0.435. The van der Waals surface area contributed by atoms with Crippen LogP contribution >= 0.6 is 11.3 Å². The molecular formula is C25H19N5O3S. The van der Waals surface area contributed by atoms with Crippen molar-refractivity contribution < 1.29 is 9.72 Å². The van der Waals surface area contributed by atoms with Crippen LogP contribution in [-0.4, -0.2) is 10.8 Å². The number of carbonyl (C=O) groups excluding carboxylic acids is 1. The highest BCUT2D eigenvalue weighted by Crippen LogP contribution is 2.41. The van der Waals surface area contributed by atoms with Crippen molar-refractivity contribution in [1.29, 1.82) is 5.26 Å². The first-order valence-corrected chi connectivity index (χ1v) is 11.4. The Morgan fingerprint density at radius 2 is 1.94 bits per heavy atom. The van der Waals surface area contributed by atoms with E-state index in [9.17, 15) is 20.2 Å². The molecule has 1 aliphatic heterocycles. The van der Waals surface area contributed by atoms with E-state index in [1.165, 1.54) is 17.4 Å². The maximum atomic E-state index is 13.1. The zero-order chi connectivity index (χ0) is 23.8. The molecule has 0 spiro atoms. The number of para-hydroxylation sites is 1. The molecule has 5 rings (SSSR count). The van der Waals surface area contributed by atoms with Gasteiger partial charge in [-0.25, -0.2) is 0 Å². The number of carbonyl (C=O) groups is 1. The summed E-state index contributed by atoms with van der Waals surface area (Å²) in [5, 5.41) is 29.8. The molecule has 34 heavy (non-hydrogen) atoms. The van der Waals surface area contributed by atoms with E-state index in [4.69, 9.17) is 5.73 Å². The third kappa shape index (κ3) is 3.65. The molecule has 0 aliphatic carbocycles. The molecule has 4 aromatic rings. The van der Waals surface area contributed by atoms with Gasteiger partial charge in [0.05, 0.1) is 10.5 Å². The number of nitrogens with one attached hydrogen (secondary N) is 2. The van der Waals surface area contributed by atoms with Crippen LogP contribution in [0.4, 0.5) is 16.4 Å². The molecule has 1 aliphatic rings. The lowest BCUT2D eigenvalue weighted by atomic mass is 9.92. The van der Waals surface area contributed by atoms with Gasteiger partial charge in [-0.15, -0.1) is 11.3 Å². The van der Waals surface area contributed by atoms with Crippen molar-refractivity contribution in [3.05, 3.63) is 97.9 Å². The van der Waals surface area contributed by atoms with Crippen molar-refractivity contribution in [3.8, 4) is 6.07 Å². The fourth-order valence-electron chi connectivity index (χ4n) is 4.42. The van der Waals surface area contributed by atoms with Crippen molar-refractivity contribution in [2.24, 2.45) is 0 Å². The van der Waals surface area contributed by atoms with Gasteiger partial charge >= 0.3 is 0 Å². The summed E-state index contributed by atoms with van der Waals surface area (Å²) in [4.78, 5) is 24.9. The zero-order valence-corrected chi connectivity index (χ0v) is 18.7. The van der Waals surface area contributed by atoms with E-state index in [1.807, 2.05) is 36.4 Å². The normalized spacial score (nSPS) is 14.9. The molecule has 9 heteroatoms. The Morgan fingerprint density at radius 3 is 2.74 bits per heavy atom. The lowest BCUT2D eigenvalue weighted by Gasteiger charge is -2.25. The molecule has 1 aromatic heterocycles. The molecule has 0 bridgehead atoms. The summed E-state index contributed by atoms with van der Waals surface area (Å²) in [5.74, 6) is -0.278. The number of thiophene rings is 1. The van der Waals surface area contributed by atoms with Crippen LogP contribution in [0, 0.1) is 21.4 Å². The summed E-state index contributed by atoms with van der Waals surface area (Å²) < 4.78 is 0. The number of rotatable bonds is 4. The van der Waals surface area contributed by atoms with Crippen LogP contribution in [-0.2, 0) is 13.0 Å². The van der Waals surface area contributed by atoms with Crippen molar-refractivity contribution in [2.45, 2.75) is 19.0 Å². The Morgan fingerprint density at radius 1 is 1.18 bits per heavy atom. The Bertz CT molecular complexity index is 1500. The molecule has 1 atom stereocenters. The average Bonchev–Trinajstić information content (AvgIpc) is 3.19. The van der Waals surface area contributed by atoms with E-state index >= 15 is 0 Å². The van der Waals surface area contributed by atoms with E-state index in [0.29, 0.717) is 34.7 Å². The van der Waals surface area contributed by atoms with Crippen molar-refractivity contribution >= 4 is 44.4 Å². The number of benzene rings is 3. The number of nitriles is 1. The quantitative estimate of drug-likeness (QED) is 0.221. The van der Waals surface area contributed by atoms with Crippen molar-refractivity contribution in [3.63, 3.8) is 0 Å². The SMILES string of the molecule is N#Cc1c(NC(=O)c2cccc3ccccc23)sc2c1CC(c1cccc([N+](=O)[O-])c1N)NC2. The van der Waals surface area contributed by atoms with E-state index in [2.05, 4.69) is 16.7 Å². The largest absolute Gasteiger partial charge is 0.393 e. The first-order chi connectivity index (χ1) is 16.5. The number of nitro groups is 1. The highest BCUT2D eigenvalue weighted by Gasteiger charge is 2.30. The van der Waals surface area contributed by atoms with E-state index in [1.54, 1.807) is 18.2 Å². The smallest absolute Gasteiger partial charge is 0.292 e. The fraction of sp³-hybridized carbons (Fsp3) is 0.120. The highest BCUT2D eigenvalue weighted by molar-refractivity contribution is 7.16. The highest BCUT2D eigenvalue weighted by atomic mass is 32.1. The number of hydrogen-bond acceptors (Lipinski definition) is 7. The van der Waals surface area contributed by atoms with E-state index < -0.39 is 4.92 Å². The Labute approximate surface area is 198 Å². The fourth-order valence-corrected chi connectivity index (χ4v) is 5.54. The van der Waals surface area contributed by atoms with Gasteiger partial charge in [-0.1, -0.05) is 48.5 Å². The molecule has 0 fully saturated rings. The lowest BCUT2D eigenvalue weighted by Crippen LogP contribution is -2.28. The predicted octanol–water partition coefficient (Wildman–Crippen LogP) is 4.90. The van der Waals surface area contributed by atoms with Gasteiger partial charge in [-0.2, -0.15) is 5.26 Å². The number of fused-ring (bicyclic) bond motifs is 2. The second-order valence-electron chi connectivity index (χ2n) is 7.98. The average molecular weight is 470 g/mol. The Kier molecular flexibility index (Phi) is 5.45. The van der Waals surface area contributed by atoms with Crippen LogP contribution < -0.4 is 16.4 Å². The third-order valence-electron chi connectivity index (χ3n) is 6.07. The lowest BCUT2D eigenvalue weighted by molar-refractivity contribution is -0.384. The zero-order valence-electron chi connectivity index (χ0n) is 17.9. The van der Waals surface area contributed by atoms with Crippen LogP contribution in [0.15, 0.2) is 60.7 Å². The minimum absolute atomic E-state index is 0.117. The molecule has 8 nitrogen and oxygen atoms in total. The number of anilines is 2. The second-order valence-corrected chi connectivity index (χ2v) is 9.08. The topological polar surface area (TPSA) is 134 Å². The molecule has 1 unspecified atom stereocenters. The van der Waals surface area contributed by atoms with Gasteiger partial charge in [0, 0.05) is 29.1 Å². The molecule has 0 radical (unpaired) electrons. The molecule has 1 amide bonds. The summed E-state index contributed by atoms with van der Waals surface area (Å²) in [6, 6.07) is 19.9. The van der Waals surface area contributed by atoms with Crippen LogP contribution in [0.5, 0.6) is 0 Å². The van der Waals surface area contributed by atoms with Crippen LogP contribution in [0.2, 0.25) is 0 Å². The van der Waals surface area contributed by atoms with E-state index in [0.717, 1.165) is 21.2 Å².